The van der Waals surface area contributed by atoms with Crippen LogP contribution in [0.1, 0.15) is 44.7 Å². The topological polar surface area (TPSA) is 61.8 Å². The van der Waals surface area contributed by atoms with Crippen LogP contribution in [0.15, 0.2) is 18.2 Å². The SMILES string of the molecule is Cc1ccc(CNC(=O)N(CCO)C2CC2)c(OC(C)(C)C)c1. The van der Waals surface area contributed by atoms with Crippen LogP contribution in [-0.4, -0.2) is 40.8 Å². The number of rotatable bonds is 6. The Morgan fingerprint density at radius 1 is 1.39 bits per heavy atom. The van der Waals surface area contributed by atoms with Crippen molar-refractivity contribution in [3.8, 4) is 5.75 Å². The van der Waals surface area contributed by atoms with Crippen LogP contribution >= 0.6 is 0 Å². The molecule has 5 heteroatoms. The first-order valence-corrected chi connectivity index (χ1v) is 8.24. The number of hydrogen-bond donors (Lipinski definition) is 2. The molecule has 1 aromatic rings. The van der Waals surface area contributed by atoms with E-state index in [1.54, 1.807) is 4.90 Å². The summed E-state index contributed by atoms with van der Waals surface area (Å²) in [5.74, 6) is 0.804. The molecule has 5 nitrogen and oxygen atoms in total. The lowest BCUT2D eigenvalue weighted by Crippen LogP contribution is -2.42. The number of carbonyl (C=O) groups excluding carboxylic acids is 1. The fourth-order valence-corrected chi connectivity index (χ4v) is 2.45. The zero-order valence-electron chi connectivity index (χ0n) is 14.6. The van der Waals surface area contributed by atoms with Gasteiger partial charge in [0, 0.05) is 24.7 Å². The minimum atomic E-state index is -0.288. The van der Waals surface area contributed by atoms with Crippen molar-refractivity contribution in [1.29, 1.82) is 0 Å². The van der Waals surface area contributed by atoms with E-state index in [9.17, 15) is 4.79 Å². The quantitative estimate of drug-likeness (QED) is 0.847. The van der Waals surface area contributed by atoms with Crippen molar-refractivity contribution in [2.75, 3.05) is 13.2 Å². The lowest BCUT2D eigenvalue weighted by Gasteiger charge is -2.25. The Morgan fingerprint density at radius 2 is 2.09 bits per heavy atom. The normalized spacial score (nSPS) is 14.5. The number of aryl methyl sites for hydroxylation is 1. The fourth-order valence-electron chi connectivity index (χ4n) is 2.45. The van der Waals surface area contributed by atoms with Crippen molar-refractivity contribution in [1.82, 2.24) is 10.2 Å². The van der Waals surface area contributed by atoms with Crippen molar-refractivity contribution in [2.45, 2.75) is 58.7 Å². The number of benzene rings is 1. The van der Waals surface area contributed by atoms with Gasteiger partial charge in [0.2, 0.25) is 0 Å². The first-order chi connectivity index (χ1) is 10.8. The second-order valence-electron chi connectivity index (χ2n) is 7.13. The molecule has 2 N–H and O–H groups in total. The first-order valence-electron chi connectivity index (χ1n) is 8.24. The number of aliphatic hydroxyl groups excluding tert-OH is 1. The maximum absolute atomic E-state index is 12.3. The summed E-state index contributed by atoms with van der Waals surface area (Å²) in [6, 6.07) is 6.17. The van der Waals surface area contributed by atoms with Crippen molar-refractivity contribution in [2.24, 2.45) is 0 Å². The van der Waals surface area contributed by atoms with E-state index < -0.39 is 0 Å². The smallest absolute Gasteiger partial charge is 0.317 e. The van der Waals surface area contributed by atoms with Gasteiger partial charge >= 0.3 is 6.03 Å². The van der Waals surface area contributed by atoms with Crippen LogP contribution in [0.25, 0.3) is 0 Å². The lowest BCUT2D eigenvalue weighted by molar-refractivity contribution is 0.129. The molecule has 128 valence electrons. The number of amides is 2. The molecule has 2 amide bonds. The van der Waals surface area contributed by atoms with Gasteiger partial charge in [-0.15, -0.1) is 0 Å². The van der Waals surface area contributed by atoms with Crippen LogP contribution in [0.5, 0.6) is 5.75 Å². The predicted molar refractivity (Wildman–Crippen MR) is 90.6 cm³/mol. The van der Waals surface area contributed by atoms with Gasteiger partial charge in [-0.1, -0.05) is 12.1 Å². The van der Waals surface area contributed by atoms with E-state index >= 15 is 0 Å². The lowest BCUT2D eigenvalue weighted by atomic mass is 10.1. The van der Waals surface area contributed by atoms with E-state index in [0.717, 1.165) is 29.7 Å². The van der Waals surface area contributed by atoms with Gasteiger partial charge in [0.1, 0.15) is 11.4 Å². The fraction of sp³-hybridized carbons (Fsp3) is 0.611. The van der Waals surface area contributed by atoms with Crippen LogP contribution in [0, 0.1) is 6.92 Å². The molecular weight excluding hydrogens is 292 g/mol. The molecule has 0 bridgehead atoms. The van der Waals surface area contributed by atoms with Gasteiger partial charge in [-0.05, 0) is 52.2 Å². The number of nitrogens with one attached hydrogen (secondary N) is 1. The van der Waals surface area contributed by atoms with Gasteiger partial charge < -0.3 is 20.1 Å². The first kappa shape index (κ1) is 17.6. The average Bonchev–Trinajstić information content (AvgIpc) is 3.26. The molecule has 1 saturated carbocycles. The predicted octanol–water partition coefficient (Wildman–Crippen LogP) is 2.84. The Kier molecular flexibility index (Phi) is 5.52. The molecule has 0 heterocycles. The summed E-state index contributed by atoms with van der Waals surface area (Å²) in [7, 11) is 0. The van der Waals surface area contributed by atoms with E-state index in [1.165, 1.54) is 0 Å². The van der Waals surface area contributed by atoms with E-state index in [1.807, 2.05) is 45.9 Å². The Labute approximate surface area is 138 Å². The van der Waals surface area contributed by atoms with Crippen LogP contribution in [0.2, 0.25) is 0 Å². The monoisotopic (exact) mass is 320 g/mol. The van der Waals surface area contributed by atoms with E-state index in [4.69, 9.17) is 9.84 Å². The summed E-state index contributed by atoms with van der Waals surface area (Å²) in [6.45, 7) is 8.84. The second kappa shape index (κ2) is 7.21. The van der Waals surface area contributed by atoms with Crippen LogP contribution in [-0.2, 0) is 6.54 Å². The summed E-state index contributed by atoms with van der Waals surface area (Å²) < 4.78 is 6.01. The number of hydrogen-bond acceptors (Lipinski definition) is 3. The third kappa shape index (κ3) is 5.43. The summed E-state index contributed by atoms with van der Waals surface area (Å²) >= 11 is 0. The zero-order valence-corrected chi connectivity index (χ0v) is 14.6. The van der Waals surface area contributed by atoms with Gasteiger partial charge in [-0.25, -0.2) is 4.79 Å². The van der Waals surface area contributed by atoms with Gasteiger partial charge in [-0.2, -0.15) is 0 Å². The highest BCUT2D eigenvalue weighted by Crippen LogP contribution is 2.27. The third-order valence-electron chi connectivity index (χ3n) is 3.66. The molecule has 0 unspecified atom stereocenters. The number of ether oxygens (including phenoxy) is 1. The van der Waals surface area contributed by atoms with Crippen molar-refractivity contribution in [3.05, 3.63) is 29.3 Å². The Morgan fingerprint density at radius 3 is 2.65 bits per heavy atom. The molecule has 0 aromatic heterocycles. The standard InChI is InChI=1S/C18H28N2O3/c1-13-5-6-14(16(11-13)23-18(2,3)4)12-19-17(22)20(9-10-21)15-7-8-15/h5-6,11,15,21H,7-10,12H2,1-4H3,(H,19,22). The maximum Gasteiger partial charge on any atom is 0.317 e. The molecule has 1 aliphatic carbocycles. The van der Waals surface area contributed by atoms with E-state index in [0.29, 0.717) is 13.1 Å². The Hall–Kier alpha value is -1.75. The van der Waals surface area contributed by atoms with Gasteiger partial charge in [0.15, 0.2) is 0 Å². The molecule has 2 rings (SSSR count). The van der Waals surface area contributed by atoms with Crippen molar-refractivity contribution < 1.29 is 14.6 Å². The molecule has 1 aliphatic rings. The molecule has 23 heavy (non-hydrogen) atoms. The van der Waals surface area contributed by atoms with Crippen LogP contribution in [0.3, 0.4) is 0 Å². The molecular formula is C18H28N2O3. The second-order valence-corrected chi connectivity index (χ2v) is 7.13. The highest BCUT2D eigenvalue weighted by molar-refractivity contribution is 5.75. The Bertz CT molecular complexity index is 548. The van der Waals surface area contributed by atoms with Gasteiger partial charge in [-0.3, -0.25) is 0 Å². The molecule has 0 radical (unpaired) electrons. The zero-order chi connectivity index (χ0) is 17.0. The number of nitrogens with zero attached hydrogens (tertiary/aromatic N) is 1. The summed E-state index contributed by atoms with van der Waals surface area (Å²) in [5.41, 5.74) is 1.79. The third-order valence-corrected chi connectivity index (χ3v) is 3.66. The van der Waals surface area contributed by atoms with E-state index in [2.05, 4.69) is 5.32 Å². The molecule has 0 atom stereocenters. The van der Waals surface area contributed by atoms with Crippen LogP contribution in [0.4, 0.5) is 4.79 Å². The highest BCUT2D eigenvalue weighted by Gasteiger charge is 2.32. The van der Waals surface area contributed by atoms with Crippen molar-refractivity contribution >= 4 is 6.03 Å². The Balaban J connectivity index is 2.03. The number of aliphatic hydroxyl groups is 1. The largest absolute Gasteiger partial charge is 0.488 e. The van der Waals surface area contributed by atoms with E-state index in [-0.39, 0.29) is 24.3 Å². The van der Waals surface area contributed by atoms with Gasteiger partial charge in [0.05, 0.1) is 6.61 Å². The minimum Gasteiger partial charge on any atom is -0.488 e. The molecule has 0 saturated heterocycles. The van der Waals surface area contributed by atoms with Crippen molar-refractivity contribution in [3.63, 3.8) is 0 Å². The maximum atomic E-state index is 12.3. The van der Waals surface area contributed by atoms with Gasteiger partial charge in [0.25, 0.3) is 0 Å². The summed E-state index contributed by atoms with van der Waals surface area (Å²) in [4.78, 5) is 14.0. The molecule has 0 aliphatic heterocycles. The minimum absolute atomic E-state index is 0.00711. The number of urea groups is 1. The summed E-state index contributed by atoms with van der Waals surface area (Å²) in [6.07, 6.45) is 2.05. The molecule has 1 fully saturated rings. The van der Waals surface area contributed by atoms with Crippen LogP contribution < -0.4 is 10.1 Å². The summed E-state index contributed by atoms with van der Waals surface area (Å²) in [5, 5.41) is 12.1. The molecule has 1 aromatic carbocycles. The average molecular weight is 320 g/mol. The molecule has 0 spiro atoms. The number of carbonyl (C=O) groups is 1. The highest BCUT2D eigenvalue weighted by atomic mass is 16.5.